The Morgan fingerprint density at radius 2 is 2.00 bits per heavy atom. The molecule has 1 aromatic carbocycles. The van der Waals surface area contributed by atoms with E-state index in [2.05, 4.69) is 5.32 Å². The molecule has 3 heterocycles. The molecule has 2 aromatic rings. The molecule has 0 aliphatic carbocycles. The summed E-state index contributed by atoms with van der Waals surface area (Å²) < 4.78 is 35.6. The summed E-state index contributed by atoms with van der Waals surface area (Å²) in [5.74, 6) is -2.50. The van der Waals surface area contributed by atoms with Crippen LogP contribution in [0, 0.1) is 23.0 Å². The van der Waals surface area contributed by atoms with Crippen LogP contribution in [0.4, 0.5) is 8.78 Å². The highest BCUT2D eigenvalue weighted by Gasteiger charge is 2.32. The van der Waals surface area contributed by atoms with Gasteiger partial charge in [-0.25, -0.2) is 8.78 Å². The van der Waals surface area contributed by atoms with Crippen LogP contribution in [-0.2, 0) is 17.9 Å². The monoisotopic (exact) mass is 456 g/mol. The highest BCUT2D eigenvalue weighted by Crippen LogP contribution is 2.27. The first kappa shape index (κ1) is 22.9. The van der Waals surface area contributed by atoms with Crippen molar-refractivity contribution in [1.82, 2.24) is 14.8 Å². The van der Waals surface area contributed by atoms with Crippen LogP contribution in [0.25, 0.3) is 0 Å². The van der Waals surface area contributed by atoms with Crippen molar-refractivity contribution in [2.45, 2.75) is 58.3 Å². The lowest BCUT2D eigenvalue weighted by atomic mass is 10.0. The van der Waals surface area contributed by atoms with Gasteiger partial charge in [0.2, 0.25) is 0 Å². The lowest BCUT2D eigenvalue weighted by molar-refractivity contribution is 0.0683. The first-order valence-corrected chi connectivity index (χ1v) is 11.2. The molecule has 2 aliphatic heterocycles. The summed E-state index contributed by atoms with van der Waals surface area (Å²) in [4.78, 5) is 28.3. The fraction of sp³-hybridized carbons (Fsp3) is 0.458. The van der Waals surface area contributed by atoms with E-state index in [0.29, 0.717) is 43.1 Å². The number of carbonyl (C=O) groups is 2. The second kappa shape index (κ2) is 9.32. The number of fused-ring (bicyclic) bond motifs is 1. The van der Waals surface area contributed by atoms with Crippen LogP contribution in [0.3, 0.4) is 0 Å². The van der Waals surface area contributed by atoms with Crippen molar-refractivity contribution in [2.24, 2.45) is 0 Å². The van der Waals surface area contributed by atoms with E-state index in [0.717, 1.165) is 25.0 Å². The molecule has 33 heavy (non-hydrogen) atoms. The van der Waals surface area contributed by atoms with Gasteiger partial charge in [-0.3, -0.25) is 9.59 Å². The molecule has 1 saturated heterocycles. The largest absolute Gasteiger partial charge is 0.373 e. The van der Waals surface area contributed by atoms with Crippen LogP contribution < -0.4 is 5.32 Å². The highest BCUT2D eigenvalue weighted by molar-refractivity contribution is 6.01. The Morgan fingerprint density at radius 1 is 1.27 bits per heavy atom. The Kier molecular flexibility index (Phi) is 6.47. The van der Waals surface area contributed by atoms with E-state index in [1.165, 1.54) is 6.07 Å². The molecule has 9 heteroatoms. The van der Waals surface area contributed by atoms with Gasteiger partial charge in [-0.15, -0.1) is 0 Å². The molecule has 0 radical (unpaired) electrons. The van der Waals surface area contributed by atoms with E-state index < -0.39 is 29.1 Å². The molecule has 1 fully saturated rings. The van der Waals surface area contributed by atoms with Crippen LogP contribution in [0.2, 0.25) is 0 Å². The molecule has 0 saturated carbocycles. The quantitative estimate of drug-likeness (QED) is 0.744. The fourth-order valence-electron chi connectivity index (χ4n) is 4.64. The lowest BCUT2D eigenvalue weighted by Gasteiger charge is -2.24. The second-order valence-electron chi connectivity index (χ2n) is 8.49. The minimum absolute atomic E-state index is 0.106. The summed E-state index contributed by atoms with van der Waals surface area (Å²) in [7, 11) is 0. The van der Waals surface area contributed by atoms with E-state index in [1.54, 1.807) is 13.0 Å². The molecule has 0 spiro atoms. The van der Waals surface area contributed by atoms with Gasteiger partial charge in [0.25, 0.3) is 11.8 Å². The number of aromatic nitrogens is 1. The van der Waals surface area contributed by atoms with Gasteiger partial charge in [0.1, 0.15) is 29.0 Å². The van der Waals surface area contributed by atoms with Crippen LogP contribution in [0.15, 0.2) is 18.2 Å². The predicted octanol–water partition coefficient (Wildman–Crippen LogP) is 3.67. The maximum atomic E-state index is 14.1. The molecule has 1 N–H and O–H groups in total. The third-order valence-corrected chi connectivity index (χ3v) is 6.48. The van der Waals surface area contributed by atoms with Gasteiger partial charge in [-0.1, -0.05) is 6.92 Å². The van der Waals surface area contributed by atoms with Crippen molar-refractivity contribution in [3.63, 3.8) is 0 Å². The average molecular weight is 456 g/mol. The lowest BCUT2D eigenvalue weighted by Crippen LogP contribution is -2.35. The van der Waals surface area contributed by atoms with Gasteiger partial charge < -0.3 is 19.5 Å². The molecule has 7 nitrogen and oxygen atoms in total. The van der Waals surface area contributed by atoms with Crippen molar-refractivity contribution in [3.8, 4) is 6.07 Å². The molecular formula is C24H26F2N4O3. The molecule has 2 aliphatic rings. The Balaban J connectivity index is 1.63. The molecule has 0 unspecified atom stereocenters. The van der Waals surface area contributed by atoms with Crippen molar-refractivity contribution >= 4 is 11.8 Å². The zero-order chi connectivity index (χ0) is 23.7. The van der Waals surface area contributed by atoms with E-state index in [-0.39, 0.29) is 24.1 Å². The van der Waals surface area contributed by atoms with Gasteiger partial charge >= 0.3 is 0 Å². The second-order valence-corrected chi connectivity index (χ2v) is 8.49. The number of amides is 2. The summed E-state index contributed by atoms with van der Waals surface area (Å²) in [6, 6.07) is 4.70. The average Bonchev–Trinajstić information content (AvgIpc) is 3.40. The first-order valence-electron chi connectivity index (χ1n) is 11.2. The number of benzene rings is 1. The number of carbonyl (C=O) groups excluding carboxylic acids is 2. The molecule has 1 aromatic heterocycles. The normalized spacial score (nSPS) is 18.5. The summed E-state index contributed by atoms with van der Waals surface area (Å²) in [5.41, 5.74) is 0.957. The van der Waals surface area contributed by atoms with E-state index in [9.17, 15) is 18.4 Å². The summed E-state index contributed by atoms with van der Waals surface area (Å²) >= 11 is 0. The minimum Gasteiger partial charge on any atom is -0.373 e. The van der Waals surface area contributed by atoms with E-state index in [4.69, 9.17) is 10.00 Å². The van der Waals surface area contributed by atoms with Crippen molar-refractivity contribution in [1.29, 1.82) is 5.26 Å². The zero-order valence-corrected chi connectivity index (χ0v) is 18.7. The Morgan fingerprint density at radius 3 is 2.61 bits per heavy atom. The molecular weight excluding hydrogens is 430 g/mol. The molecule has 174 valence electrons. The SMILES string of the molecule is CC[C@@H](NC(=O)c1cc(C(=O)N2CCC[C@@H]2C)n2c1COCC2)c1cc(F)c(C#N)c(F)c1. The molecule has 2 atom stereocenters. The van der Waals surface area contributed by atoms with Gasteiger partial charge in [-0.2, -0.15) is 5.26 Å². The summed E-state index contributed by atoms with van der Waals surface area (Å²) in [6.07, 6.45) is 2.28. The molecule has 0 bridgehead atoms. The predicted molar refractivity (Wildman–Crippen MR) is 115 cm³/mol. The number of hydrogen-bond acceptors (Lipinski definition) is 4. The van der Waals surface area contributed by atoms with E-state index in [1.807, 2.05) is 16.4 Å². The van der Waals surface area contributed by atoms with Crippen molar-refractivity contribution < 1.29 is 23.1 Å². The number of ether oxygens (including phenoxy) is 1. The first-order chi connectivity index (χ1) is 15.8. The number of halogens is 2. The summed E-state index contributed by atoms with van der Waals surface area (Å²) in [5, 5.41) is 11.7. The third-order valence-electron chi connectivity index (χ3n) is 6.48. The number of nitrogens with zero attached hydrogens (tertiary/aromatic N) is 3. The van der Waals surface area contributed by atoms with Crippen LogP contribution in [0.5, 0.6) is 0 Å². The van der Waals surface area contributed by atoms with Crippen molar-refractivity contribution in [2.75, 3.05) is 13.2 Å². The number of nitriles is 1. The van der Waals surface area contributed by atoms with Crippen LogP contribution in [0.1, 0.15) is 76.8 Å². The maximum absolute atomic E-state index is 14.1. The number of hydrogen-bond donors (Lipinski definition) is 1. The van der Waals surface area contributed by atoms with Crippen molar-refractivity contribution in [3.05, 3.63) is 57.9 Å². The molecule has 4 rings (SSSR count). The zero-order valence-electron chi connectivity index (χ0n) is 18.7. The minimum atomic E-state index is -0.970. The number of nitrogens with one attached hydrogen (secondary N) is 1. The Hall–Kier alpha value is -3.25. The Bertz CT molecular complexity index is 1110. The smallest absolute Gasteiger partial charge is 0.270 e. The Labute approximate surface area is 190 Å². The van der Waals surface area contributed by atoms with E-state index >= 15 is 0 Å². The van der Waals surface area contributed by atoms with Gasteiger partial charge in [0, 0.05) is 19.1 Å². The van der Waals surface area contributed by atoms with Crippen LogP contribution in [-0.4, -0.2) is 40.5 Å². The number of likely N-dealkylation sites (tertiary alicyclic amines) is 1. The van der Waals surface area contributed by atoms with Crippen LogP contribution >= 0.6 is 0 Å². The standard InChI is InChI=1S/C24H26F2N4O3/c1-3-20(15-9-18(25)17(12-27)19(26)10-15)28-23(31)16-11-21(30-7-8-33-13-22(16)30)24(32)29-6-4-5-14(29)2/h9-11,14,20H,3-8,13H2,1-2H3,(H,28,31)/t14-,20+/m0/s1. The highest BCUT2D eigenvalue weighted by atomic mass is 19.1. The third kappa shape index (κ3) is 4.23. The summed E-state index contributed by atoms with van der Waals surface area (Å²) in [6.45, 7) is 5.59. The topological polar surface area (TPSA) is 87.4 Å². The maximum Gasteiger partial charge on any atom is 0.270 e. The van der Waals surface area contributed by atoms with Gasteiger partial charge in [0.15, 0.2) is 0 Å². The van der Waals surface area contributed by atoms with Gasteiger partial charge in [-0.05, 0) is 49.9 Å². The molecule has 2 amide bonds. The number of rotatable bonds is 5. The fourth-order valence-corrected chi connectivity index (χ4v) is 4.64. The van der Waals surface area contributed by atoms with Gasteiger partial charge in [0.05, 0.1) is 30.5 Å².